The third-order valence-corrected chi connectivity index (χ3v) is 8.34. The predicted octanol–water partition coefficient (Wildman–Crippen LogP) is 10.5. The first-order chi connectivity index (χ1) is 21.3. The number of nitrogens with one attached hydrogen (secondary N) is 1. The Morgan fingerprint density at radius 2 is 1.42 bits per heavy atom. The Morgan fingerprint density at radius 3 is 2.30 bits per heavy atom. The Labute approximate surface area is 247 Å². The minimum atomic E-state index is 0.762. The third-order valence-electron chi connectivity index (χ3n) is 8.34. The van der Waals surface area contributed by atoms with Gasteiger partial charge in [0.25, 0.3) is 0 Å². The van der Waals surface area contributed by atoms with E-state index >= 15 is 0 Å². The van der Waals surface area contributed by atoms with Gasteiger partial charge in [-0.1, -0.05) is 66.7 Å². The molecule has 0 amide bonds. The van der Waals surface area contributed by atoms with E-state index < -0.39 is 0 Å². The molecule has 0 saturated heterocycles. The van der Waals surface area contributed by atoms with E-state index in [-0.39, 0.29) is 0 Å². The summed E-state index contributed by atoms with van der Waals surface area (Å²) in [6, 6.07) is 38.6. The Kier molecular flexibility index (Phi) is 5.19. The highest BCUT2D eigenvalue weighted by molar-refractivity contribution is 6.08. The molecule has 4 heterocycles. The van der Waals surface area contributed by atoms with Crippen molar-refractivity contribution < 1.29 is 8.83 Å². The minimum absolute atomic E-state index is 0.762. The largest absolute Gasteiger partial charge is 0.454 e. The zero-order chi connectivity index (χ0) is 28.3. The van der Waals surface area contributed by atoms with Crippen LogP contribution in [0.25, 0.3) is 60.9 Å². The summed E-state index contributed by atoms with van der Waals surface area (Å²) in [5, 5.41) is 8.88. The first kappa shape index (κ1) is 23.9. The van der Waals surface area contributed by atoms with Crippen molar-refractivity contribution in [3.05, 3.63) is 133 Å². The Bertz CT molecular complexity index is 2360. The molecule has 1 N–H and O–H groups in total. The molecule has 1 aliphatic rings. The van der Waals surface area contributed by atoms with Crippen LogP contribution in [0.3, 0.4) is 0 Å². The summed E-state index contributed by atoms with van der Waals surface area (Å²) in [6.07, 6.45) is 7.87. The fourth-order valence-electron chi connectivity index (χ4n) is 6.33. The van der Waals surface area contributed by atoms with Gasteiger partial charge in [0.2, 0.25) is 5.88 Å². The zero-order valence-electron chi connectivity index (χ0n) is 23.1. The minimum Gasteiger partial charge on any atom is -0.454 e. The lowest BCUT2D eigenvalue weighted by Gasteiger charge is -2.28. The number of rotatable bonds is 4. The highest BCUT2D eigenvalue weighted by Gasteiger charge is 2.21. The number of hydrogen-bond donors (Lipinski definition) is 1. The van der Waals surface area contributed by atoms with Gasteiger partial charge in [-0.15, -0.1) is 0 Å². The molecule has 0 bridgehead atoms. The number of pyridine rings is 1. The van der Waals surface area contributed by atoms with E-state index in [0.29, 0.717) is 0 Å². The van der Waals surface area contributed by atoms with E-state index in [1.54, 1.807) is 6.20 Å². The number of anilines is 4. The average molecular weight is 556 g/mol. The molecule has 3 aromatic heterocycles. The average Bonchev–Trinajstić information content (AvgIpc) is 3.63. The Hall–Kier alpha value is -5.81. The molecule has 0 unspecified atom stereocenters. The van der Waals surface area contributed by atoms with Gasteiger partial charge in [0.15, 0.2) is 5.58 Å². The molecular weight excluding hydrogens is 530 g/mol. The van der Waals surface area contributed by atoms with Crippen molar-refractivity contribution in [1.82, 2.24) is 4.98 Å². The van der Waals surface area contributed by atoms with Crippen molar-refractivity contribution in [1.29, 1.82) is 0 Å². The molecule has 0 radical (unpaired) electrons. The molecule has 0 spiro atoms. The second-order valence-corrected chi connectivity index (χ2v) is 10.9. The van der Waals surface area contributed by atoms with E-state index in [4.69, 9.17) is 8.83 Å². The van der Waals surface area contributed by atoms with Crippen molar-refractivity contribution >= 4 is 72.7 Å². The van der Waals surface area contributed by atoms with Crippen molar-refractivity contribution in [2.24, 2.45) is 0 Å². The summed E-state index contributed by atoms with van der Waals surface area (Å²) in [5.41, 5.74) is 9.06. The topological polar surface area (TPSA) is 54.4 Å². The van der Waals surface area contributed by atoms with Gasteiger partial charge in [0.1, 0.15) is 11.2 Å². The van der Waals surface area contributed by atoms with Gasteiger partial charge in [-0.2, -0.15) is 0 Å². The molecule has 1 aliphatic heterocycles. The molecule has 9 rings (SSSR count). The molecule has 5 heteroatoms. The van der Waals surface area contributed by atoms with E-state index in [0.717, 1.165) is 73.5 Å². The molecule has 0 saturated carbocycles. The maximum absolute atomic E-state index is 6.18. The summed E-state index contributed by atoms with van der Waals surface area (Å²) in [7, 11) is 0. The Morgan fingerprint density at radius 1 is 0.628 bits per heavy atom. The van der Waals surface area contributed by atoms with E-state index in [2.05, 4.69) is 130 Å². The molecular formula is C38H25N3O2. The van der Waals surface area contributed by atoms with Crippen molar-refractivity contribution in [2.75, 3.05) is 16.8 Å². The van der Waals surface area contributed by atoms with Crippen LogP contribution in [-0.2, 0) is 0 Å². The van der Waals surface area contributed by atoms with Crippen LogP contribution in [0.5, 0.6) is 0 Å². The summed E-state index contributed by atoms with van der Waals surface area (Å²) >= 11 is 0. The van der Waals surface area contributed by atoms with Gasteiger partial charge in [-0.05, 0) is 71.1 Å². The molecule has 0 aliphatic carbocycles. The number of benzene rings is 5. The quantitative estimate of drug-likeness (QED) is 0.234. The summed E-state index contributed by atoms with van der Waals surface area (Å²) < 4.78 is 12.3. The predicted molar refractivity (Wildman–Crippen MR) is 176 cm³/mol. The summed E-state index contributed by atoms with van der Waals surface area (Å²) in [6.45, 7) is 0.762. The highest BCUT2D eigenvalue weighted by Crippen LogP contribution is 2.45. The Balaban J connectivity index is 1.35. The van der Waals surface area contributed by atoms with Crippen LogP contribution in [0.15, 0.2) is 136 Å². The van der Waals surface area contributed by atoms with Crippen LogP contribution in [0.2, 0.25) is 0 Å². The van der Waals surface area contributed by atoms with Gasteiger partial charge in [0, 0.05) is 51.2 Å². The first-order valence-electron chi connectivity index (χ1n) is 14.4. The fraction of sp³-hybridized carbons (Fsp3) is 0.0263. The van der Waals surface area contributed by atoms with Crippen LogP contribution in [0, 0.1) is 0 Å². The van der Waals surface area contributed by atoms with Gasteiger partial charge >= 0.3 is 0 Å². The molecule has 0 fully saturated rings. The van der Waals surface area contributed by atoms with E-state index in [9.17, 15) is 0 Å². The standard InChI is InChI=1S/C38H25N3O2/c1-2-7-24(8-3-1)26-19-25-9-4-5-10-29(25)34(20-26)41(27-12-14-35-32(21-27)30-16-18-39-23-37(30)42-35)28-13-15-36-33(22-28)31-11-6-17-40-38(31)43-36/h1-16,18-23,40H,17H2. The molecule has 8 aromatic rings. The summed E-state index contributed by atoms with van der Waals surface area (Å²) in [5.74, 6) is 0.817. The molecule has 43 heavy (non-hydrogen) atoms. The van der Waals surface area contributed by atoms with Gasteiger partial charge in [0.05, 0.1) is 11.9 Å². The number of nitrogens with zero attached hydrogens (tertiary/aromatic N) is 2. The lowest BCUT2D eigenvalue weighted by Crippen LogP contribution is -2.11. The van der Waals surface area contributed by atoms with Crippen molar-refractivity contribution in [3.8, 4) is 11.1 Å². The van der Waals surface area contributed by atoms with Crippen molar-refractivity contribution in [2.45, 2.75) is 0 Å². The molecule has 5 aromatic carbocycles. The maximum Gasteiger partial charge on any atom is 0.201 e. The van der Waals surface area contributed by atoms with E-state index in [1.165, 1.54) is 16.3 Å². The van der Waals surface area contributed by atoms with Crippen molar-refractivity contribution in [3.63, 3.8) is 0 Å². The van der Waals surface area contributed by atoms with Gasteiger partial charge in [-0.3, -0.25) is 4.98 Å². The monoisotopic (exact) mass is 555 g/mol. The lowest BCUT2D eigenvalue weighted by molar-refractivity contribution is 0.628. The van der Waals surface area contributed by atoms with Crippen LogP contribution in [-0.4, -0.2) is 11.5 Å². The number of fused-ring (bicyclic) bond motifs is 7. The number of furan rings is 2. The van der Waals surface area contributed by atoms with Crippen LogP contribution in [0.4, 0.5) is 22.9 Å². The zero-order valence-corrected chi connectivity index (χ0v) is 23.1. The normalized spacial score (nSPS) is 12.7. The number of aromatic nitrogens is 1. The second-order valence-electron chi connectivity index (χ2n) is 10.9. The molecule has 0 atom stereocenters. The smallest absolute Gasteiger partial charge is 0.201 e. The molecule has 5 nitrogen and oxygen atoms in total. The third kappa shape index (κ3) is 3.82. The SMILES string of the molecule is C1=Cc2c(oc3ccc(N(c4ccc5oc6cnccc6c5c4)c4cc(-c5ccccc5)cc5ccccc45)cc23)NC1. The van der Waals surface area contributed by atoms with Gasteiger partial charge < -0.3 is 19.1 Å². The van der Waals surface area contributed by atoms with Crippen LogP contribution < -0.4 is 10.2 Å². The van der Waals surface area contributed by atoms with Crippen LogP contribution in [0.1, 0.15) is 5.56 Å². The van der Waals surface area contributed by atoms with Gasteiger partial charge in [-0.25, -0.2) is 0 Å². The summed E-state index contributed by atoms with van der Waals surface area (Å²) in [4.78, 5) is 6.62. The van der Waals surface area contributed by atoms with E-state index in [1.807, 2.05) is 12.3 Å². The maximum atomic E-state index is 6.18. The van der Waals surface area contributed by atoms with Crippen LogP contribution >= 0.6 is 0 Å². The molecule has 204 valence electrons. The number of hydrogen-bond acceptors (Lipinski definition) is 5. The second kappa shape index (κ2) is 9.36. The lowest BCUT2D eigenvalue weighted by atomic mass is 9.98. The fourth-order valence-corrected chi connectivity index (χ4v) is 6.33. The first-order valence-corrected chi connectivity index (χ1v) is 14.4. The highest BCUT2D eigenvalue weighted by atomic mass is 16.4.